The maximum atomic E-state index is 10.1. The molecule has 0 aliphatic carbocycles. The Labute approximate surface area is 86.8 Å². The van der Waals surface area contributed by atoms with Crippen molar-refractivity contribution in [2.45, 2.75) is 45.3 Å². The molecule has 1 aliphatic rings. The molecule has 0 aromatic rings. The highest BCUT2D eigenvalue weighted by atomic mass is 16.5. The van der Waals surface area contributed by atoms with Gasteiger partial charge in [0.05, 0.1) is 6.10 Å². The lowest BCUT2D eigenvalue weighted by atomic mass is 9.96. The van der Waals surface area contributed by atoms with Crippen LogP contribution in [0.15, 0.2) is 0 Å². The highest BCUT2D eigenvalue weighted by molar-refractivity contribution is 4.91. The smallest absolute Gasteiger partial charge is 0.105 e. The van der Waals surface area contributed by atoms with E-state index in [0.29, 0.717) is 13.2 Å². The van der Waals surface area contributed by atoms with Gasteiger partial charge >= 0.3 is 0 Å². The van der Waals surface area contributed by atoms with Crippen molar-refractivity contribution in [2.24, 2.45) is 5.92 Å². The summed E-state index contributed by atoms with van der Waals surface area (Å²) in [4.78, 5) is 0. The minimum atomic E-state index is -0.642. The monoisotopic (exact) mass is 201 g/mol. The second-order valence-electron chi connectivity index (χ2n) is 4.73. The lowest BCUT2D eigenvalue weighted by Gasteiger charge is -2.26. The van der Waals surface area contributed by atoms with Crippen LogP contribution in [-0.4, -0.2) is 36.5 Å². The molecule has 3 heteroatoms. The second kappa shape index (κ2) is 5.10. The van der Waals surface area contributed by atoms with Crippen LogP contribution in [0.2, 0.25) is 0 Å². The van der Waals surface area contributed by atoms with Gasteiger partial charge in [0.2, 0.25) is 0 Å². The van der Waals surface area contributed by atoms with E-state index in [-0.39, 0.29) is 6.10 Å². The van der Waals surface area contributed by atoms with E-state index in [0.717, 1.165) is 25.3 Å². The zero-order chi connectivity index (χ0) is 10.6. The molecule has 1 rings (SSSR count). The summed E-state index contributed by atoms with van der Waals surface area (Å²) in [5.41, 5.74) is -0.642. The second-order valence-corrected chi connectivity index (χ2v) is 4.73. The van der Waals surface area contributed by atoms with Crippen LogP contribution < -0.4 is 5.32 Å². The van der Waals surface area contributed by atoms with E-state index in [1.165, 1.54) is 0 Å². The third-order valence-corrected chi connectivity index (χ3v) is 2.99. The Kier molecular flexibility index (Phi) is 4.35. The molecule has 0 saturated carbocycles. The van der Waals surface area contributed by atoms with Crippen molar-refractivity contribution in [3.63, 3.8) is 0 Å². The minimum Gasteiger partial charge on any atom is -0.386 e. The molecule has 0 aromatic carbocycles. The van der Waals surface area contributed by atoms with Gasteiger partial charge in [0.15, 0.2) is 0 Å². The molecule has 0 aromatic heterocycles. The summed E-state index contributed by atoms with van der Waals surface area (Å²) < 4.78 is 5.36. The fourth-order valence-electron chi connectivity index (χ4n) is 1.70. The van der Waals surface area contributed by atoms with E-state index >= 15 is 0 Å². The van der Waals surface area contributed by atoms with E-state index in [1.54, 1.807) is 0 Å². The summed E-state index contributed by atoms with van der Waals surface area (Å²) >= 11 is 0. The lowest BCUT2D eigenvalue weighted by Crippen LogP contribution is -2.46. The summed E-state index contributed by atoms with van der Waals surface area (Å²) in [7, 11) is 0. The van der Waals surface area contributed by atoms with Crippen molar-refractivity contribution >= 4 is 0 Å². The number of hydrogen-bond acceptors (Lipinski definition) is 3. The predicted molar refractivity (Wildman–Crippen MR) is 57.3 cm³/mol. The molecule has 14 heavy (non-hydrogen) atoms. The number of aliphatic hydroxyl groups is 1. The molecule has 2 atom stereocenters. The van der Waals surface area contributed by atoms with Gasteiger partial charge in [0, 0.05) is 19.6 Å². The Bertz CT molecular complexity index is 173. The highest BCUT2D eigenvalue weighted by Crippen LogP contribution is 2.24. The number of nitrogens with one attached hydrogen (secondary N) is 1. The first-order valence-electron chi connectivity index (χ1n) is 5.59. The summed E-state index contributed by atoms with van der Waals surface area (Å²) in [5.74, 6) is 0.717. The largest absolute Gasteiger partial charge is 0.386 e. The predicted octanol–water partition coefficient (Wildman–Crippen LogP) is 1.16. The fraction of sp³-hybridized carbons (Fsp3) is 1.00. The Morgan fingerprint density at radius 1 is 1.57 bits per heavy atom. The molecule has 0 bridgehead atoms. The van der Waals surface area contributed by atoms with Crippen LogP contribution in [0.25, 0.3) is 0 Å². The van der Waals surface area contributed by atoms with Crippen LogP contribution in [0.4, 0.5) is 0 Å². The molecule has 1 saturated heterocycles. The molecular weight excluding hydrogens is 178 g/mol. The third kappa shape index (κ3) is 3.23. The molecule has 2 N–H and O–H groups in total. The molecule has 0 spiro atoms. The standard InChI is InChI=1S/C11H23NO2/c1-9(2)4-6-12-8-11(13)5-7-14-10(11)3/h9-10,12-13H,4-8H2,1-3H3. The van der Waals surface area contributed by atoms with Crippen molar-refractivity contribution in [3.8, 4) is 0 Å². The normalized spacial score (nSPS) is 32.8. The van der Waals surface area contributed by atoms with E-state index in [1.807, 2.05) is 6.92 Å². The van der Waals surface area contributed by atoms with Gasteiger partial charge in [-0.15, -0.1) is 0 Å². The maximum Gasteiger partial charge on any atom is 0.105 e. The Balaban J connectivity index is 2.17. The SMILES string of the molecule is CC(C)CCNCC1(O)CCOC1C. The molecular formula is C11H23NO2. The number of hydrogen-bond donors (Lipinski definition) is 2. The van der Waals surface area contributed by atoms with Crippen LogP contribution in [0.5, 0.6) is 0 Å². The first kappa shape index (κ1) is 12.0. The van der Waals surface area contributed by atoms with Gasteiger partial charge in [-0.05, 0) is 25.8 Å². The first-order valence-corrected chi connectivity index (χ1v) is 5.59. The van der Waals surface area contributed by atoms with Crippen LogP contribution in [-0.2, 0) is 4.74 Å². The van der Waals surface area contributed by atoms with Gasteiger partial charge in [-0.3, -0.25) is 0 Å². The molecule has 1 aliphatic heterocycles. The first-order chi connectivity index (χ1) is 6.54. The Morgan fingerprint density at radius 2 is 2.29 bits per heavy atom. The van der Waals surface area contributed by atoms with Gasteiger partial charge in [0.25, 0.3) is 0 Å². The van der Waals surface area contributed by atoms with Gasteiger partial charge in [-0.1, -0.05) is 13.8 Å². The number of ether oxygens (including phenoxy) is 1. The van der Waals surface area contributed by atoms with Crippen molar-refractivity contribution in [3.05, 3.63) is 0 Å². The average molecular weight is 201 g/mol. The lowest BCUT2D eigenvalue weighted by molar-refractivity contribution is -0.0261. The van der Waals surface area contributed by atoms with Crippen LogP contribution >= 0.6 is 0 Å². The topological polar surface area (TPSA) is 41.5 Å². The van der Waals surface area contributed by atoms with E-state index < -0.39 is 5.60 Å². The van der Waals surface area contributed by atoms with Gasteiger partial charge in [-0.25, -0.2) is 0 Å². The molecule has 2 unspecified atom stereocenters. The fourth-order valence-corrected chi connectivity index (χ4v) is 1.70. The van der Waals surface area contributed by atoms with Gasteiger partial charge in [0.1, 0.15) is 5.60 Å². The molecule has 3 nitrogen and oxygen atoms in total. The van der Waals surface area contributed by atoms with Crippen molar-refractivity contribution in [1.29, 1.82) is 0 Å². The maximum absolute atomic E-state index is 10.1. The minimum absolute atomic E-state index is 0.0333. The van der Waals surface area contributed by atoms with E-state index in [4.69, 9.17) is 4.74 Å². The quantitative estimate of drug-likeness (QED) is 0.656. The summed E-state index contributed by atoms with van der Waals surface area (Å²) in [6, 6.07) is 0. The zero-order valence-corrected chi connectivity index (χ0v) is 9.55. The van der Waals surface area contributed by atoms with Crippen LogP contribution in [0.1, 0.15) is 33.6 Å². The highest BCUT2D eigenvalue weighted by Gasteiger charge is 2.38. The van der Waals surface area contributed by atoms with Crippen molar-refractivity contribution in [1.82, 2.24) is 5.32 Å². The van der Waals surface area contributed by atoms with E-state index in [9.17, 15) is 5.11 Å². The Hall–Kier alpha value is -0.120. The molecule has 1 heterocycles. The summed E-state index contributed by atoms with van der Waals surface area (Å²) in [5, 5.41) is 13.4. The third-order valence-electron chi connectivity index (χ3n) is 2.99. The van der Waals surface area contributed by atoms with Crippen molar-refractivity contribution < 1.29 is 9.84 Å². The van der Waals surface area contributed by atoms with Crippen molar-refractivity contribution in [2.75, 3.05) is 19.7 Å². The Morgan fingerprint density at radius 3 is 2.79 bits per heavy atom. The van der Waals surface area contributed by atoms with Crippen LogP contribution in [0, 0.1) is 5.92 Å². The van der Waals surface area contributed by atoms with E-state index in [2.05, 4.69) is 19.2 Å². The molecule has 1 fully saturated rings. The molecule has 0 amide bonds. The van der Waals surface area contributed by atoms with Gasteiger partial charge < -0.3 is 15.2 Å². The molecule has 84 valence electrons. The zero-order valence-electron chi connectivity index (χ0n) is 9.55. The van der Waals surface area contributed by atoms with Gasteiger partial charge in [-0.2, -0.15) is 0 Å². The van der Waals surface area contributed by atoms with Crippen LogP contribution in [0.3, 0.4) is 0 Å². The number of rotatable bonds is 5. The summed E-state index contributed by atoms with van der Waals surface area (Å²) in [6.45, 7) is 8.67. The summed E-state index contributed by atoms with van der Waals surface area (Å²) in [6.07, 6.45) is 1.88. The molecule has 0 radical (unpaired) electrons. The average Bonchev–Trinajstić information content (AvgIpc) is 2.42.